The molecule has 0 radical (unpaired) electrons. The lowest BCUT2D eigenvalue weighted by Crippen LogP contribution is -2.27. The van der Waals surface area contributed by atoms with Gasteiger partial charge in [0.15, 0.2) is 5.82 Å². The molecule has 2 aromatic rings. The second-order valence-corrected chi connectivity index (χ2v) is 4.97. The van der Waals surface area contributed by atoms with Crippen molar-refractivity contribution in [1.29, 1.82) is 0 Å². The van der Waals surface area contributed by atoms with Crippen LogP contribution >= 0.6 is 0 Å². The highest BCUT2D eigenvalue weighted by Crippen LogP contribution is 2.26. The Kier molecular flexibility index (Phi) is 3.60. The van der Waals surface area contributed by atoms with Gasteiger partial charge < -0.3 is 9.84 Å². The van der Waals surface area contributed by atoms with Gasteiger partial charge in [0, 0.05) is 5.56 Å². The normalized spacial score (nSPS) is 19.5. The molecule has 1 fully saturated rings. The number of hydrogen-bond donors (Lipinski definition) is 1. The molecule has 1 aliphatic rings. The van der Waals surface area contributed by atoms with Crippen LogP contribution in [0.4, 0.5) is 0 Å². The Bertz CT molecular complexity index is 544. The van der Waals surface area contributed by atoms with Crippen molar-refractivity contribution in [3.63, 3.8) is 0 Å². The molecule has 2 heterocycles. The second kappa shape index (κ2) is 5.53. The van der Waals surface area contributed by atoms with E-state index in [9.17, 15) is 0 Å². The van der Waals surface area contributed by atoms with E-state index in [1.165, 1.54) is 18.4 Å². The van der Waals surface area contributed by atoms with Crippen molar-refractivity contribution < 1.29 is 4.52 Å². The summed E-state index contributed by atoms with van der Waals surface area (Å²) in [6.07, 6.45) is 4.52. The van der Waals surface area contributed by atoms with Crippen LogP contribution in [-0.2, 0) is 6.42 Å². The Balaban J connectivity index is 1.88. The first-order valence-corrected chi connectivity index (χ1v) is 7.03. The third-order valence-electron chi connectivity index (χ3n) is 3.69. The minimum absolute atomic E-state index is 0.250. The van der Waals surface area contributed by atoms with E-state index in [1.54, 1.807) is 0 Å². The molecule has 0 amide bonds. The fraction of sp³-hybridized carbons (Fsp3) is 0.467. The summed E-state index contributed by atoms with van der Waals surface area (Å²) < 4.78 is 5.45. The highest BCUT2D eigenvalue weighted by Gasteiger charge is 2.21. The smallest absolute Gasteiger partial charge is 0.258 e. The van der Waals surface area contributed by atoms with Crippen LogP contribution in [0.15, 0.2) is 28.8 Å². The lowest BCUT2D eigenvalue weighted by molar-refractivity contribution is 0.367. The minimum Gasteiger partial charge on any atom is -0.334 e. The van der Waals surface area contributed by atoms with Crippen LogP contribution < -0.4 is 5.32 Å². The summed E-state index contributed by atoms with van der Waals surface area (Å²) in [4.78, 5) is 4.57. The summed E-state index contributed by atoms with van der Waals surface area (Å²) in [7, 11) is 0. The van der Waals surface area contributed by atoms with E-state index in [0.29, 0.717) is 5.89 Å². The number of nitrogens with one attached hydrogen (secondary N) is 1. The second-order valence-electron chi connectivity index (χ2n) is 4.97. The molecule has 1 atom stereocenters. The fourth-order valence-corrected chi connectivity index (χ4v) is 2.60. The average molecular weight is 257 g/mol. The van der Waals surface area contributed by atoms with Crippen molar-refractivity contribution in [3.8, 4) is 11.5 Å². The van der Waals surface area contributed by atoms with Gasteiger partial charge in [0.2, 0.25) is 0 Å². The minimum atomic E-state index is 0.250. The zero-order valence-electron chi connectivity index (χ0n) is 11.2. The molecule has 1 unspecified atom stereocenters. The van der Waals surface area contributed by atoms with Crippen LogP contribution in [0.2, 0.25) is 0 Å². The molecule has 0 bridgehead atoms. The molecule has 1 aliphatic heterocycles. The van der Waals surface area contributed by atoms with Gasteiger partial charge in [-0.1, -0.05) is 36.7 Å². The van der Waals surface area contributed by atoms with Crippen LogP contribution in [0.1, 0.15) is 43.6 Å². The van der Waals surface area contributed by atoms with Gasteiger partial charge in [-0.25, -0.2) is 0 Å². The summed E-state index contributed by atoms with van der Waals surface area (Å²) >= 11 is 0. The number of aryl methyl sites for hydroxylation is 1. The van der Waals surface area contributed by atoms with Gasteiger partial charge >= 0.3 is 0 Å². The Labute approximate surface area is 113 Å². The van der Waals surface area contributed by atoms with Gasteiger partial charge in [0.1, 0.15) is 0 Å². The molecule has 0 spiro atoms. The monoisotopic (exact) mass is 257 g/mol. The summed E-state index contributed by atoms with van der Waals surface area (Å²) in [5.74, 6) is 1.43. The number of nitrogens with zero attached hydrogens (tertiary/aromatic N) is 2. The number of aromatic nitrogens is 2. The van der Waals surface area contributed by atoms with Gasteiger partial charge in [-0.2, -0.15) is 4.98 Å². The number of rotatable bonds is 3. The van der Waals surface area contributed by atoms with Gasteiger partial charge in [-0.3, -0.25) is 0 Å². The van der Waals surface area contributed by atoms with Crippen molar-refractivity contribution >= 4 is 0 Å². The van der Waals surface area contributed by atoms with Crippen molar-refractivity contribution in [2.45, 2.75) is 38.6 Å². The van der Waals surface area contributed by atoms with E-state index in [2.05, 4.69) is 28.4 Å². The maximum atomic E-state index is 5.45. The highest BCUT2D eigenvalue weighted by atomic mass is 16.5. The standard InChI is InChI=1S/C15H19N3O/c1-2-11-7-3-4-8-12(11)15-17-14(18-19-15)13-9-5-6-10-16-13/h3-4,7-8,13,16H,2,5-6,9-10H2,1H3. The van der Waals surface area contributed by atoms with E-state index in [0.717, 1.165) is 30.8 Å². The van der Waals surface area contributed by atoms with Crippen LogP contribution in [0.5, 0.6) is 0 Å². The van der Waals surface area contributed by atoms with E-state index in [-0.39, 0.29) is 6.04 Å². The molecule has 0 aliphatic carbocycles. The van der Waals surface area contributed by atoms with Gasteiger partial charge in [0.05, 0.1) is 6.04 Å². The molecule has 0 saturated carbocycles. The molecular formula is C15H19N3O. The molecule has 1 saturated heterocycles. The Morgan fingerprint density at radius 3 is 3.00 bits per heavy atom. The van der Waals surface area contributed by atoms with E-state index in [4.69, 9.17) is 4.52 Å². The molecule has 4 nitrogen and oxygen atoms in total. The predicted octanol–water partition coefficient (Wildman–Crippen LogP) is 3.11. The lowest BCUT2D eigenvalue weighted by Gasteiger charge is -2.19. The SMILES string of the molecule is CCc1ccccc1-c1nc(C2CCCCN2)no1. The molecule has 1 aromatic carbocycles. The summed E-state index contributed by atoms with van der Waals surface area (Å²) in [5.41, 5.74) is 2.30. The summed E-state index contributed by atoms with van der Waals surface area (Å²) in [6, 6.07) is 8.46. The molecule has 100 valence electrons. The van der Waals surface area contributed by atoms with Gasteiger partial charge in [-0.15, -0.1) is 0 Å². The van der Waals surface area contributed by atoms with E-state index >= 15 is 0 Å². The zero-order chi connectivity index (χ0) is 13.1. The number of hydrogen-bond acceptors (Lipinski definition) is 4. The molecule has 4 heteroatoms. The maximum absolute atomic E-state index is 5.45. The van der Waals surface area contributed by atoms with Crippen molar-refractivity contribution in [2.75, 3.05) is 6.54 Å². The molecule has 1 aromatic heterocycles. The first-order valence-electron chi connectivity index (χ1n) is 7.03. The van der Waals surface area contributed by atoms with Crippen molar-refractivity contribution in [1.82, 2.24) is 15.5 Å². The maximum Gasteiger partial charge on any atom is 0.258 e. The quantitative estimate of drug-likeness (QED) is 0.918. The predicted molar refractivity (Wildman–Crippen MR) is 73.7 cm³/mol. The Morgan fingerprint density at radius 1 is 1.32 bits per heavy atom. The van der Waals surface area contributed by atoms with Crippen LogP contribution in [-0.4, -0.2) is 16.7 Å². The molecular weight excluding hydrogens is 238 g/mol. The van der Waals surface area contributed by atoms with Crippen molar-refractivity contribution in [3.05, 3.63) is 35.7 Å². The number of piperidine rings is 1. The largest absolute Gasteiger partial charge is 0.334 e. The zero-order valence-corrected chi connectivity index (χ0v) is 11.2. The van der Waals surface area contributed by atoms with E-state index < -0.39 is 0 Å². The molecule has 1 N–H and O–H groups in total. The summed E-state index contributed by atoms with van der Waals surface area (Å²) in [6.45, 7) is 3.18. The highest BCUT2D eigenvalue weighted by molar-refractivity contribution is 5.58. The topological polar surface area (TPSA) is 51.0 Å². The Hall–Kier alpha value is -1.68. The van der Waals surface area contributed by atoms with Crippen LogP contribution in [0, 0.1) is 0 Å². The first-order chi connectivity index (χ1) is 9.38. The number of benzene rings is 1. The summed E-state index contributed by atoms with van der Waals surface area (Å²) in [5, 5.41) is 7.59. The van der Waals surface area contributed by atoms with Gasteiger partial charge in [-0.05, 0) is 37.4 Å². The first kappa shape index (κ1) is 12.4. The lowest BCUT2D eigenvalue weighted by atomic mass is 10.0. The van der Waals surface area contributed by atoms with Gasteiger partial charge in [0.25, 0.3) is 5.89 Å². The third-order valence-corrected chi connectivity index (χ3v) is 3.69. The van der Waals surface area contributed by atoms with Crippen molar-refractivity contribution in [2.24, 2.45) is 0 Å². The molecule has 19 heavy (non-hydrogen) atoms. The van der Waals surface area contributed by atoms with E-state index in [1.807, 2.05) is 18.2 Å². The van der Waals surface area contributed by atoms with Crippen LogP contribution in [0.3, 0.4) is 0 Å². The van der Waals surface area contributed by atoms with Crippen LogP contribution in [0.25, 0.3) is 11.5 Å². The molecule has 3 rings (SSSR count). The fourth-order valence-electron chi connectivity index (χ4n) is 2.60. The third kappa shape index (κ3) is 2.54. The average Bonchev–Trinajstić information content (AvgIpc) is 2.98. The Morgan fingerprint density at radius 2 is 2.21 bits per heavy atom.